The SMILES string of the molecule is Cc1ccc(OCC(=O)NCCC(O)C(C)(C)C)cc1. The van der Waals surface area contributed by atoms with Crippen molar-refractivity contribution in [2.24, 2.45) is 5.41 Å². The molecule has 2 N–H and O–H groups in total. The first-order valence-corrected chi connectivity index (χ1v) is 6.93. The molecule has 4 heteroatoms. The van der Waals surface area contributed by atoms with E-state index in [4.69, 9.17) is 4.74 Å². The van der Waals surface area contributed by atoms with Gasteiger partial charge in [0.05, 0.1) is 6.10 Å². The van der Waals surface area contributed by atoms with Crippen molar-refractivity contribution in [3.8, 4) is 5.75 Å². The normalized spacial score (nSPS) is 12.8. The zero-order valence-electron chi connectivity index (χ0n) is 12.8. The van der Waals surface area contributed by atoms with E-state index in [9.17, 15) is 9.90 Å². The number of benzene rings is 1. The van der Waals surface area contributed by atoms with E-state index in [1.807, 2.05) is 52.0 Å². The van der Waals surface area contributed by atoms with Crippen molar-refractivity contribution in [1.82, 2.24) is 5.32 Å². The zero-order valence-corrected chi connectivity index (χ0v) is 12.8. The summed E-state index contributed by atoms with van der Waals surface area (Å²) in [6.45, 7) is 8.36. The van der Waals surface area contributed by atoms with Crippen LogP contribution in [0.1, 0.15) is 32.8 Å². The van der Waals surface area contributed by atoms with Crippen LogP contribution >= 0.6 is 0 Å². The molecule has 0 aliphatic carbocycles. The molecule has 0 radical (unpaired) electrons. The van der Waals surface area contributed by atoms with Crippen LogP contribution in [-0.2, 0) is 4.79 Å². The molecule has 0 spiro atoms. The summed E-state index contributed by atoms with van der Waals surface area (Å²) in [7, 11) is 0. The summed E-state index contributed by atoms with van der Waals surface area (Å²) in [5.74, 6) is 0.507. The van der Waals surface area contributed by atoms with Crippen molar-refractivity contribution in [2.75, 3.05) is 13.2 Å². The molecule has 112 valence electrons. The van der Waals surface area contributed by atoms with Crippen LogP contribution in [0.4, 0.5) is 0 Å². The standard InChI is InChI=1S/C16H25NO3/c1-12-5-7-13(8-6-12)20-11-15(19)17-10-9-14(18)16(2,3)4/h5-8,14,18H,9-11H2,1-4H3,(H,17,19). The van der Waals surface area contributed by atoms with Crippen LogP contribution in [0.3, 0.4) is 0 Å². The highest BCUT2D eigenvalue weighted by molar-refractivity contribution is 5.77. The zero-order chi connectivity index (χ0) is 15.2. The van der Waals surface area contributed by atoms with Gasteiger partial charge in [0, 0.05) is 6.54 Å². The van der Waals surface area contributed by atoms with Crippen molar-refractivity contribution in [3.63, 3.8) is 0 Å². The molecule has 0 bridgehead atoms. The van der Waals surface area contributed by atoms with Crippen LogP contribution in [0.15, 0.2) is 24.3 Å². The second-order valence-corrected chi connectivity index (χ2v) is 6.12. The van der Waals surface area contributed by atoms with Crippen molar-refractivity contribution in [1.29, 1.82) is 0 Å². The molecule has 1 rings (SSSR count). The maximum atomic E-state index is 11.6. The van der Waals surface area contributed by atoms with Gasteiger partial charge in [-0.1, -0.05) is 38.5 Å². The van der Waals surface area contributed by atoms with Crippen molar-refractivity contribution < 1.29 is 14.6 Å². The third-order valence-corrected chi connectivity index (χ3v) is 3.13. The Labute approximate surface area is 121 Å². The predicted octanol–water partition coefficient (Wildman–Crippen LogP) is 2.29. The molecule has 0 fully saturated rings. The first-order chi connectivity index (χ1) is 9.29. The number of ether oxygens (including phenoxy) is 1. The molecule has 1 aromatic carbocycles. The first-order valence-electron chi connectivity index (χ1n) is 6.93. The van der Waals surface area contributed by atoms with Gasteiger partial charge >= 0.3 is 0 Å². The number of aliphatic hydroxyl groups is 1. The van der Waals surface area contributed by atoms with E-state index in [0.29, 0.717) is 18.7 Å². The average Bonchev–Trinajstić information content (AvgIpc) is 2.37. The van der Waals surface area contributed by atoms with Gasteiger partial charge in [0.15, 0.2) is 6.61 Å². The Morgan fingerprint density at radius 1 is 1.30 bits per heavy atom. The van der Waals surface area contributed by atoms with Crippen LogP contribution < -0.4 is 10.1 Å². The largest absolute Gasteiger partial charge is 0.484 e. The lowest BCUT2D eigenvalue weighted by atomic mass is 9.87. The molecular weight excluding hydrogens is 254 g/mol. The maximum absolute atomic E-state index is 11.6. The molecule has 1 unspecified atom stereocenters. The average molecular weight is 279 g/mol. The van der Waals surface area contributed by atoms with Crippen LogP contribution in [-0.4, -0.2) is 30.3 Å². The van der Waals surface area contributed by atoms with Gasteiger partial charge in [0.2, 0.25) is 0 Å². The predicted molar refractivity (Wildman–Crippen MR) is 79.8 cm³/mol. The number of aryl methyl sites for hydroxylation is 1. The molecule has 1 aromatic rings. The summed E-state index contributed by atoms with van der Waals surface area (Å²) >= 11 is 0. The van der Waals surface area contributed by atoms with Gasteiger partial charge in [0.1, 0.15) is 5.75 Å². The van der Waals surface area contributed by atoms with E-state index in [2.05, 4.69) is 5.32 Å². The molecule has 4 nitrogen and oxygen atoms in total. The Kier molecular flexibility index (Phi) is 6.02. The molecule has 0 aliphatic heterocycles. The third-order valence-electron chi connectivity index (χ3n) is 3.13. The molecule has 1 amide bonds. The lowest BCUT2D eigenvalue weighted by Gasteiger charge is -2.25. The van der Waals surface area contributed by atoms with E-state index >= 15 is 0 Å². The van der Waals surface area contributed by atoms with Crippen LogP contribution in [0, 0.1) is 12.3 Å². The minimum Gasteiger partial charge on any atom is -0.484 e. The molecule has 0 saturated carbocycles. The van der Waals surface area contributed by atoms with E-state index in [0.717, 1.165) is 5.56 Å². The van der Waals surface area contributed by atoms with Gasteiger partial charge in [-0.3, -0.25) is 4.79 Å². The maximum Gasteiger partial charge on any atom is 0.257 e. The number of amides is 1. The summed E-state index contributed by atoms with van der Waals surface area (Å²) in [4.78, 5) is 11.6. The summed E-state index contributed by atoms with van der Waals surface area (Å²) in [5, 5.41) is 12.6. The number of carbonyl (C=O) groups is 1. The Bertz CT molecular complexity index is 420. The molecule has 0 heterocycles. The highest BCUT2D eigenvalue weighted by atomic mass is 16.5. The third kappa shape index (κ3) is 6.06. The smallest absolute Gasteiger partial charge is 0.257 e. The van der Waals surface area contributed by atoms with E-state index < -0.39 is 6.10 Å². The molecule has 0 aromatic heterocycles. The lowest BCUT2D eigenvalue weighted by molar-refractivity contribution is -0.123. The molecular formula is C16H25NO3. The van der Waals surface area contributed by atoms with Crippen molar-refractivity contribution in [3.05, 3.63) is 29.8 Å². The fourth-order valence-corrected chi connectivity index (χ4v) is 1.62. The Hall–Kier alpha value is -1.55. The van der Waals surface area contributed by atoms with E-state index in [-0.39, 0.29) is 17.9 Å². The summed E-state index contributed by atoms with van der Waals surface area (Å²) in [6.07, 6.45) is 0.112. The van der Waals surface area contributed by atoms with Crippen molar-refractivity contribution in [2.45, 2.75) is 40.2 Å². The van der Waals surface area contributed by atoms with E-state index in [1.54, 1.807) is 0 Å². The van der Waals surface area contributed by atoms with Gasteiger partial charge in [-0.25, -0.2) is 0 Å². The summed E-state index contributed by atoms with van der Waals surface area (Å²) in [5.41, 5.74) is 0.987. The number of rotatable bonds is 6. The Balaban J connectivity index is 2.22. The topological polar surface area (TPSA) is 58.6 Å². The van der Waals surface area contributed by atoms with Gasteiger partial charge in [-0.2, -0.15) is 0 Å². The second kappa shape index (κ2) is 7.29. The Morgan fingerprint density at radius 3 is 2.45 bits per heavy atom. The fraction of sp³-hybridized carbons (Fsp3) is 0.562. The van der Waals surface area contributed by atoms with Crippen molar-refractivity contribution >= 4 is 5.91 Å². The second-order valence-electron chi connectivity index (χ2n) is 6.12. The van der Waals surface area contributed by atoms with Crippen LogP contribution in [0.25, 0.3) is 0 Å². The Morgan fingerprint density at radius 2 is 1.90 bits per heavy atom. The number of carbonyl (C=O) groups excluding carboxylic acids is 1. The minimum absolute atomic E-state index is 0.00528. The number of hydrogen-bond acceptors (Lipinski definition) is 3. The molecule has 1 atom stereocenters. The van der Waals surface area contributed by atoms with E-state index in [1.165, 1.54) is 0 Å². The molecule has 0 saturated heterocycles. The summed E-state index contributed by atoms with van der Waals surface area (Å²) < 4.78 is 5.37. The molecule has 0 aliphatic rings. The lowest BCUT2D eigenvalue weighted by Crippen LogP contribution is -2.34. The van der Waals surface area contributed by atoms with Crippen LogP contribution in [0.5, 0.6) is 5.75 Å². The fourth-order valence-electron chi connectivity index (χ4n) is 1.62. The number of aliphatic hydroxyl groups excluding tert-OH is 1. The van der Waals surface area contributed by atoms with Gasteiger partial charge in [-0.15, -0.1) is 0 Å². The van der Waals surface area contributed by atoms with Crippen LogP contribution in [0.2, 0.25) is 0 Å². The number of nitrogens with one attached hydrogen (secondary N) is 1. The quantitative estimate of drug-likeness (QED) is 0.840. The summed E-state index contributed by atoms with van der Waals surface area (Å²) in [6, 6.07) is 7.55. The minimum atomic E-state index is -0.430. The monoisotopic (exact) mass is 279 g/mol. The highest BCUT2D eigenvalue weighted by Crippen LogP contribution is 2.20. The van der Waals surface area contributed by atoms with Gasteiger partial charge in [-0.05, 0) is 30.9 Å². The molecule has 20 heavy (non-hydrogen) atoms. The first kappa shape index (κ1) is 16.5. The van der Waals surface area contributed by atoms with Gasteiger partial charge < -0.3 is 15.2 Å². The van der Waals surface area contributed by atoms with Gasteiger partial charge in [0.25, 0.3) is 5.91 Å². The highest BCUT2D eigenvalue weighted by Gasteiger charge is 2.21. The number of hydrogen-bond donors (Lipinski definition) is 2.